The maximum absolute atomic E-state index is 10.6. The van der Waals surface area contributed by atoms with Gasteiger partial charge in [0, 0.05) is 0 Å². The highest BCUT2D eigenvalue weighted by Gasteiger charge is 1.99. The minimum atomic E-state index is 0.135. The van der Waals surface area contributed by atoms with Gasteiger partial charge in [0.05, 0.1) is 9.40 Å². The quantitative estimate of drug-likeness (QED) is 0.586. The highest BCUT2D eigenvalue weighted by atomic mass is 32.2. The molecule has 2 nitrogen and oxygen atoms in total. The lowest BCUT2D eigenvalue weighted by Gasteiger charge is -1.58. The molecule has 2 aromatic heterocycles. The van der Waals surface area contributed by atoms with Crippen molar-refractivity contribution in [2.45, 2.75) is 0 Å². The Balaban J connectivity index is 3.08. The first-order valence-electron chi connectivity index (χ1n) is 2.32. The van der Waals surface area contributed by atoms with Crippen LogP contribution in [0.1, 0.15) is 0 Å². The number of hydrogen-bond acceptors (Lipinski definition) is 4. The summed E-state index contributed by atoms with van der Waals surface area (Å²) in [4.78, 5) is 10.6. The lowest BCUT2D eigenvalue weighted by atomic mass is 10.7. The lowest BCUT2D eigenvalue weighted by Crippen LogP contribution is -1.73. The molecule has 0 radical (unpaired) electrons. The number of hydrogen-bond donors (Lipinski definition) is 0. The van der Waals surface area contributed by atoms with E-state index in [1.807, 2.05) is 0 Å². The summed E-state index contributed by atoms with van der Waals surface area (Å²) in [6, 6.07) is 0. The fourth-order valence-corrected chi connectivity index (χ4v) is 2.44. The lowest BCUT2D eigenvalue weighted by molar-refractivity contribution is 0.573. The molecule has 0 fully saturated rings. The van der Waals surface area contributed by atoms with E-state index in [4.69, 9.17) is 4.42 Å². The summed E-state index contributed by atoms with van der Waals surface area (Å²) in [7, 11) is 0. The zero-order valence-corrected chi connectivity index (χ0v) is 5.92. The summed E-state index contributed by atoms with van der Waals surface area (Å²) in [6.07, 6.45) is 3.19. The molecule has 0 aliphatic heterocycles. The van der Waals surface area contributed by atoms with Crippen LogP contribution >= 0.6 is 22.7 Å². The van der Waals surface area contributed by atoms with Crippen molar-refractivity contribution in [3.05, 3.63) is 21.4 Å². The zero-order valence-electron chi connectivity index (χ0n) is 4.29. The molecular weight excluding hydrogens is 156 g/mol. The van der Waals surface area contributed by atoms with Crippen LogP contribution in [0.2, 0.25) is 0 Å². The summed E-state index contributed by atoms with van der Waals surface area (Å²) in [6.45, 7) is 0. The second kappa shape index (κ2) is 1.68. The molecule has 0 N–H and O–H groups in total. The molecule has 0 saturated heterocycles. The Hall–Kier alpha value is -0.610. The molecule has 2 heterocycles. The van der Waals surface area contributed by atoms with Crippen LogP contribution in [0.25, 0.3) is 9.40 Å². The van der Waals surface area contributed by atoms with Gasteiger partial charge in [-0.1, -0.05) is 22.7 Å². The Bertz CT molecular complexity index is 336. The zero-order chi connectivity index (χ0) is 6.27. The topological polar surface area (TPSA) is 30.2 Å². The highest BCUT2D eigenvalue weighted by Crippen LogP contribution is 2.20. The number of furan rings is 1. The summed E-state index contributed by atoms with van der Waals surface area (Å²) in [5.74, 6) is 0. The Morgan fingerprint density at radius 1 is 1.22 bits per heavy atom. The molecule has 46 valence electrons. The van der Waals surface area contributed by atoms with E-state index in [1.54, 1.807) is 12.5 Å². The molecule has 2 aromatic rings. The number of fused-ring (bicyclic) bond motifs is 1. The van der Waals surface area contributed by atoms with Gasteiger partial charge in [-0.15, -0.1) is 0 Å². The average Bonchev–Trinajstić information content (AvgIpc) is 2.22. The molecule has 0 atom stereocenters. The molecule has 0 amide bonds. The Kier molecular flexibility index (Phi) is 0.972. The molecule has 0 unspecified atom stereocenters. The van der Waals surface area contributed by atoms with E-state index in [0.29, 0.717) is 0 Å². The third kappa shape index (κ3) is 0.710. The summed E-state index contributed by atoms with van der Waals surface area (Å²) < 4.78 is 6.88. The monoisotopic (exact) mass is 158 g/mol. The first-order valence-corrected chi connectivity index (χ1v) is 3.95. The standard InChI is InChI=1S/C5H2O2S2/c6-5-8-3-1-7-2-4(3)9-5/h1-2H. The Labute approximate surface area is 58.4 Å². The molecule has 2 rings (SSSR count). The van der Waals surface area contributed by atoms with Crippen molar-refractivity contribution in [1.29, 1.82) is 0 Å². The van der Waals surface area contributed by atoms with Gasteiger partial charge in [-0.2, -0.15) is 0 Å². The Morgan fingerprint density at radius 2 is 1.78 bits per heavy atom. The molecule has 0 aliphatic rings. The largest absolute Gasteiger partial charge is 0.470 e. The second-order valence-corrected chi connectivity index (χ2v) is 3.84. The van der Waals surface area contributed by atoms with Crippen molar-refractivity contribution in [3.8, 4) is 0 Å². The van der Waals surface area contributed by atoms with Gasteiger partial charge in [0.1, 0.15) is 12.5 Å². The smallest absolute Gasteiger partial charge is 0.288 e. The third-order valence-corrected chi connectivity index (χ3v) is 3.01. The predicted octanol–water partition coefficient (Wildman–Crippen LogP) is 1.92. The van der Waals surface area contributed by atoms with E-state index in [-0.39, 0.29) is 4.06 Å². The SMILES string of the molecule is O=c1sc2cocc2s1. The van der Waals surface area contributed by atoms with Crippen LogP contribution in [0, 0.1) is 0 Å². The third-order valence-electron chi connectivity index (χ3n) is 0.980. The fourth-order valence-electron chi connectivity index (χ4n) is 0.623. The minimum absolute atomic E-state index is 0.135. The summed E-state index contributed by atoms with van der Waals surface area (Å²) in [5, 5.41) is 0. The van der Waals surface area contributed by atoms with Crippen LogP contribution in [0.15, 0.2) is 21.7 Å². The second-order valence-electron chi connectivity index (χ2n) is 1.55. The van der Waals surface area contributed by atoms with Crippen molar-refractivity contribution in [3.63, 3.8) is 0 Å². The van der Waals surface area contributed by atoms with Crippen LogP contribution in [0.4, 0.5) is 0 Å². The van der Waals surface area contributed by atoms with Crippen LogP contribution in [0.5, 0.6) is 0 Å². The van der Waals surface area contributed by atoms with Crippen molar-refractivity contribution < 1.29 is 4.42 Å². The van der Waals surface area contributed by atoms with E-state index < -0.39 is 0 Å². The predicted molar refractivity (Wildman–Crippen MR) is 38.2 cm³/mol. The highest BCUT2D eigenvalue weighted by molar-refractivity contribution is 7.35. The van der Waals surface area contributed by atoms with Gasteiger partial charge in [0.15, 0.2) is 0 Å². The van der Waals surface area contributed by atoms with E-state index in [2.05, 4.69) is 0 Å². The minimum Gasteiger partial charge on any atom is -0.470 e. The fraction of sp³-hybridized carbons (Fsp3) is 0. The van der Waals surface area contributed by atoms with Gasteiger partial charge in [-0.25, -0.2) is 0 Å². The van der Waals surface area contributed by atoms with E-state index in [1.165, 1.54) is 22.7 Å². The van der Waals surface area contributed by atoms with E-state index >= 15 is 0 Å². The van der Waals surface area contributed by atoms with Gasteiger partial charge < -0.3 is 4.42 Å². The van der Waals surface area contributed by atoms with Crippen LogP contribution in [0.3, 0.4) is 0 Å². The molecular formula is C5H2O2S2. The van der Waals surface area contributed by atoms with Gasteiger partial charge in [0.2, 0.25) is 0 Å². The molecule has 4 heteroatoms. The van der Waals surface area contributed by atoms with Gasteiger partial charge in [-0.05, 0) is 0 Å². The average molecular weight is 158 g/mol. The maximum atomic E-state index is 10.6. The van der Waals surface area contributed by atoms with E-state index in [0.717, 1.165) is 9.40 Å². The van der Waals surface area contributed by atoms with Crippen molar-refractivity contribution in [2.24, 2.45) is 0 Å². The first kappa shape index (κ1) is 5.20. The molecule has 0 spiro atoms. The van der Waals surface area contributed by atoms with Gasteiger partial charge in [0.25, 0.3) is 4.06 Å². The normalized spacial score (nSPS) is 10.7. The van der Waals surface area contributed by atoms with E-state index in [9.17, 15) is 4.79 Å². The Morgan fingerprint density at radius 3 is 2.33 bits per heavy atom. The van der Waals surface area contributed by atoms with Gasteiger partial charge >= 0.3 is 0 Å². The summed E-state index contributed by atoms with van der Waals surface area (Å²) in [5.41, 5.74) is 0. The molecule has 0 saturated carbocycles. The molecule has 0 bridgehead atoms. The van der Waals surface area contributed by atoms with Crippen molar-refractivity contribution in [1.82, 2.24) is 0 Å². The van der Waals surface area contributed by atoms with Crippen LogP contribution < -0.4 is 4.06 Å². The molecule has 9 heavy (non-hydrogen) atoms. The molecule has 0 aromatic carbocycles. The van der Waals surface area contributed by atoms with Crippen LogP contribution in [-0.4, -0.2) is 0 Å². The van der Waals surface area contributed by atoms with Crippen molar-refractivity contribution >= 4 is 32.1 Å². The maximum Gasteiger partial charge on any atom is 0.288 e. The number of rotatable bonds is 0. The van der Waals surface area contributed by atoms with Crippen LogP contribution in [-0.2, 0) is 0 Å². The molecule has 0 aliphatic carbocycles. The van der Waals surface area contributed by atoms with Crippen molar-refractivity contribution in [2.75, 3.05) is 0 Å². The summed E-state index contributed by atoms with van der Waals surface area (Å²) >= 11 is 2.46. The van der Waals surface area contributed by atoms with Gasteiger partial charge in [-0.3, -0.25) is 4.79 Å². The first-order chi connectivity index (χ1) is 4.36.